The Labute approximate surface area is 191 Å². The molecule has 2 heterocycles. The normalized spacial score (nSPS) is 16.6. The van der Waals surface area contributed by atoms with Gasteiger partial charge in [0, 0.05) is 24.1 Å². The monoisotopic (exact) mass is 453 g/mol. The maximum absolute atomic E-state index is 13.5. The molecule has 1 aromatic heterocycles. The summed E-state index contributed by atoms with van der Waals surface area (Å²) in [4.78, 5) is 27.8. The van der Waals surface area contributed by atoms with Gasteiger partial charge in [-0.2, -0.15) is 0 Å². The van der Waals surface area contributed by atoms with Crippen molar-refractivity contribution in [1.29, 1.82) is 0 Å². The van der Waals surface area contributed by atoms with Crippen molar-refractivity contribution >= 4 is 34.3 Å². The van der Waals surface area contributed by atoms with Crippen molar-refractivity contribution in [2.24, 2.45) is 0 Å². The van der Waals surface area contributed by atoms with E-state index in [-0.39, 0.29) is 24.5 Å². The van der Waals surface area contributed by atoms with E-state index in [0.29, 0.717) is 21.9 Å². The number of halogens is 1. The molecule has 6 nitrogen and oxygen atoms in total. The number of amides is 1. The van der Waals surface area contributed by atoms with Gasteiger partial charge in [-0.1, -0.05) is 49.7 Å². The Morgan fingerprint density at radius 3 is 2.56 bits per heavy atom. The van der Waals surface area contributed by atoms with Crippen LogP contribution in [0.25, 0.3) is 11.0 Å². The number of nitrogens with zero attached hydrogens (tertiary/aromatic N) is 1. The Bertz CT molecular complexity index is 1210. The number of ketones is 1. The number of ether oxygens (including phenoxy) is 1. The zero-order valence-electron chi connectivity index (χ0n) is 18.1. The van der Waals surface area contributed by atoms with Crippen LogP contribution in [0.3, 0.4) is 0 Å². The third-order valence-corrected chi connectivity index (χ3v) is 5.94. The summed E-state index contributed by atoms with van der Waals surface area (Å²) >= 11 is 6.04. The van der Waals surface area contributed by atoms with Crippen LogP contribution in [0.1, 0.15) is 47.5 Å². The molecule has 1 unspecified atom stereocenters. The van der Waals surface area contributed by atoms with Crippen molar-refractivity contribution in [3.05, 3.63) is 81.8 Å². The molecule has 1 atom stereocenters. The molecule has 32 heavy (non-hydrogen) atoms. The molecule has 1 aliphatic heterocycles. The van der Waals surface area contributed by atoms with Gasteiger partial charge in [-0.15, -0.1) is 0 Å². The van der Waals surface area contributed by atoms with E-state index in [2.05, 4.69) is 13.8 Å². The molecule has 3 aromatic rings. The van der Waals surface area contributed by atoms with Gasteiger partial charge in [0.05, 0.1) is 18.2 Å². The van der Waals surface area contributed by atoms with E-state index >= 15 is 0 Å². The third kappa shape index (κ3) is 3.92. The molecule has 0 saturated heterocycles. The van der Waals surface area contributed by atoms with Crippen molar-refractivity contribution in [2.45, 2.75) is 25.8 Å². The Kier molecular flexibility index (Phi) is 6.09. The van der Waals surface area contributed by atoms with Crippen molar-refractivity contribution in [3.63, 3.8) is 0 Å². The van der Waals surface area contributed by atoms with E-state index in [1.807, 2.05) is 24.3 Å². The lowest BCUT2D eigenvalue weighted by atomic mass is 9.93. The number of carbonyl (C=O) groups is 2. The number of aliphatic hydroxyl groups is 1. The van der Waals surface area contributed by atoms with Crippen LogP contribution in [0.15, 0.2) is 64.3 Å². The first-order valence-corrected chi connectivity index (χ1v) is 10.8. The molecule has 0 aliphatic carbocycles. The highest BCUT2D eigenvalue weighted by atomic mass is 35.5. The molecule has 7 heteroatoms. The number of furan rings is 1. The molecular formula is C25H24ClNO5. The fourth-order valence-electron chi connectivity index (χ4n) is 3.97. The minimum absolute atomic E-state index is 0.00597. The first kappa shape index (κ1) is 22.1. The number of hydrogen-bond acceptors (Lipinski definition) is 5. The maximum Gasteiger partial charge on any atom is 0.290 e. The molecule has 0 spiro atoms. The summed E-state index contributed by atoms with van der Waals surface area (Å²) < 4.78 is 10.9. The molecule has 0 bridgehead atoms. The first-order chi connectivity index (χ1) is 15.3. The lowest BCUT2D eigenvalue weighted by molar-refractivity contribution is -0.130. The van der Waals surface area contributed by atoms with Gasteiger partial charge in [-0.05, 0) is 41.3 Å². The van der Waals surface area contributed by atoms with Crippen LogP contribution >= 0.6 is 11.6 Å². The summed E-state index contributed by atoms with van der Waals surface area (Å²) in [5.41, 5.74) is 2.35. The van der Waals surface area contributed by atoms with Crippen LogP contribution in [-0.4, -0.2) is 42.0 Å². The summed E-state index contributed by atoms with van der Waals surface area (Å²) in [5.74, 6) is -1.34. The van der Waals surface area contributed by atoms with Gasteiger partial charge >= 0.3 is 0 Å². The summed E-state index contributed by atoms with van der Waals surface area (Å²) in [6.07, 6.45) is 0. The molecule has 0 fully saturated rings. The highest BCUT2D eigenvalue weighted by Gasteiger charge is 2.44. The van der Waals surface area contributed by atoms with Crippen LogP contribution in [0.4, 0.5) is 0 Å². The van der Waals surface area contributed by atoms with Crippen LogP contribution in [0.5, 0.6) is 0 Å². The number of benzene rings is 2. The second-order valence-electron chi connectivity index (χ2n) is 8.10. The Morgan fingerprint density at radius 1 is 1.19 bits per heavy atom. The van der Waals surface area contributed by atoms with Gasteiger partial charge in [-0.3, -0.25) is 9.59 Å². The largest absolute Gasteiger partial charge is 0.503 e. The second-order valence-corrected chi connectivity index (χ2v) is 8.54. The Morgan fingerprint density at radius 2 is 1.91 bits per heavy atom. The molecule has 166 valence electrons. The van der Waals surface area contributed by atoms with Gasteiger partial charge in [-0.25, -0.2) is 0 Å². The zero-order valence-corrected chi connectivity index (χ0v) is 18.8. The minimum atomic E-state index is -0.747. The third-order valence-electron chi connectivity index (χ3n) is 5.71. The van der Waals surface area contributed by atoms with Crippen molar-refractivity contribution in [3.8, 4) is 0 Å². The molecule has 0 saturated carbocycles. The number of fused-ring (bicyclic) bond motifs is 1. The van der Waals surface area contributed by atoms with E-state index in [0.717, 1.165) is 11.1 Å². The fraction of sp³-hybridized carbons (Fsp3) is 0.280. The molecule has 2 aromatic carbocycles. The van der Waals surface area contributed by atoms with E-state index in [1.54, 1.807) is 24.3 Å². The number of hydrogen-bond donors (Lipinski definition) is 1. The van der Waals surface area contributed by atoms with E-state index in [1.165, 1.54) is 12.0 Å². The van der Waals surface area contributed by atoms with Gasteiger partial charge in [0.2, 0.25) is 5.78 Å². The zero-order chi connectivity index (χ0) is 23.0. The second kappa shape index (κ2) is 8.81. The quantitative estimate of drug-likeness (QED) is 0.482. The van der Waals surface area contributed by atoms with Gasteiger partial charge in [0.15, 0.2) is 11.5 Å². The van der Waals surface area contributed by atoms with Crippen molar-refractivity contribution in [1.82, 2.24) is 4.90 Å². The molecule has 4 rings (SSSR count). The van der Waals surface area contributed by atoms with E-state index in [9.17, 15) is 14.7 Å². The highest BCUT2D eigenvalue weighted by molar-refractivity contribution is 6.31. The van der Waals surface area contributed by atoms with E-state index in [4.69, 9.17) is 20.8 Å². The molecular weight excluding hydrogens is 430 g/mol. The van der Waals surface area contributed by atoms with E-state index < -0.39 is 23.5 Å². The number of carbonyl (C=O) groups excluding carboxylic acids is 2. The summed E-state index contributed by atoms with van der Waals surface area (Å²) in [6, 6.07) is 13.6. The fourth-order valence-corrected chi connectivity index (χ4v) is 4.16. The molecule has 1 N–H and O–H groups in total. The lowest BCUT2D eigenvalue weighted by Gasteiger charge is -2.26. The molecule has 1 amide bonds. The van der Waals surface area contributed by atoms with Crippen LogP contribution in [0, 0.1) is 0 Å². The molecule has 1 aliphatic rings. The smallest absolute Gasteiger partial charge is 0.290 e. The Hall–Kier alpha value is -3.09. The van der Waals surface area contributed by atoms with Crippen LogP contribution in [-0.2, 0) is 9.53 Å². The predicted molar refractivity (Wildman–Crippen MR) is 122 cm³/mol. The first-order valence-electron chi connectivity index (χ1n) is 10.4. The van der Waals surface area contributed by atoms with Gasteiger partial charge in [0.25, 0.3) is 5.91 Å². The van der Waals surface area contributed by atoms with Crippen molar-refractivity contribution in [2.75, 3.05) is 20.3 Å². The van der Waals surface area contributed by atoms with Crippen LogP contribution in [0.2, 0.25) is 5.02 Å². The summed E-state index contributed by atoms with van der Waals surface area (Å²) in [6.45, 7) is 4.67. The summed E-state index contributed by atoms with van der Waals surface area (Å²) in [5, 5.41) is 11.9. The standard InChI is InChI=1S/C25H24ClNO5/c1-14(2)15-4-6-16(7-5-15)22-21(24(29)25(30)27(22)10-11-31-3)23(28)20-13-17-12-18(26)8-9-19(17)32-20/h4-9,12-14,22,29H,10-11H2,1-3H3. The average Bonchev–Trinajstić information content (AvgIpc) is 3.30. The predicted octanol–water partition coefficient (Wildman–Crippen LogP) is 5.43. The lowest BCUT2D eigenvalue weighted by Crippen LogP contribution is -2.34. The average molecular weight is 454 g/mol. The molecule has 0 radical (unpaired) electrons. The number of rotatable bonds is 7. The van der Waals surface area contributed by atoms with Gasteiger partial charge < -0.3 is 19.2 Å². The highest BCUT2D eigenvalue weighted by Crippen LogP contribution is 2.40. The maximum atomic E-state index is 13.5. The number of aliphatic hydroxyl groups excluding tert-OH is 1. The topological polar surface area (TPSA) is 80.0 Å². The van der Waals surface area contributed by atoms with Gasteiger partial charge in [0.1, 0.15) is 5.58 Å². The number of methoxy groups -OCH3 is 1. The number of Topliss-reactive ketones (excluding diaryl/α,β-unsaturated/α-hetero) is 1. The minimum Gasteiger partial charge on any atom is -0.503 e. The Balaban J connectivity index is 1.78. The SMILES string of the molecule is COCCN1C(=O)C(O)=C(C(=O)c2cc3cc(Cl)ccc3o2)C1c1ccc(C(C)C)cc1. The van der Waals surface area contributed by atoms with Crippen molar-refractivity contribution < 1.29 is 23.8 Å². The van der Waals surface area contributed by atoms with Crippen LogP contribution < -0.4 is 0 Å². The summed E-state index contributed by atoms with van der Waals surface area (Å²) in [7, 11) is 1.53.